The van der Waals surface area contributed by atoms with Crippen LogP contribution in [-0.2, 0) is 31.0 Å². The van der Waals surface area contributed by atoms with Crippen molar-refractivity contribution in [1.82, 2.24) is 41.7 Å². The molecular formula is C47H64Cl4N12O7. The van der Waals surface area contributed by atoms with Crippen LogP contribution in [0.25, 0.3) is 22.5 Å². The van der Waals surface area contributed by atoms with Crippen LogP contribution in [0.15, 0.2) is 66.9 Å². The Labute approximate surface area is 433 Å². The van der Waals surface area contributed by atoms with Crippen molar-refractivity contribution in [3.8, 4) is 40.1 Å². The molecule has 0 saturated carbocycles. The van der Waals surface area contributed by atoms with E-state index in [4.69, 9.17) is 31.9 Å². The molecule has 0 aliphatic carbocycles. The molecule has 1 aliphatic heterocycles. The maximum absolute atomic E-state index is 14.7. The van der Waals surface area contributed by atoms with Crippen molar-refractivity contribution >= 4 is 79.2 Å². The zero-order valence-electron chi connectivity index (χ0n) is 39.8. The van der Waals surface area contributed by atoms with Crippen molar-refractivity contribution in [2.75, 3.05) is 46.4 Å². The van der Waals surface area contributed by atoms with Gasteiger partial charge in [0.25, 0.3) is 11.8 Å². The fraction of sp³-hybridized carbons (Fsp3) is 0.404. The van der Waals surface area contributed by atoms with Gasteiger partial charge in [0.2, 0.25) is 17.7 Å². The summed E-state index contributed by atoms with van der Waals surface area (Å²) >= 11 is 0. The summed E-state index contributed by atoms with van der Waals surface area (Å²) in [5.74, 6) is -2.22. The van der Waals surface area contributed by atoms with Crippen LogP contribution in [0, 0.1) is 18.3 Å². The number of nitriles is 1. The molecule has 3 aromatic carbocycles. The lowest BCUT2D eigenvalue weighted by Gasteiger charge is -2.32. The Morgan fingerprint density at radius 1 is 0.886 bits per heavy atom. The molecule has 19 nitrogen and oxygen atoms in total. The van der Waals surface area contributed by atoms with Crippen molar-refractivity contribution < 1.29 is 33.4 Å². The monoisotopic (exact) mass is 1050 g/mol. The Morgan fingerprint density at radius 3 is 2.07 bits per heavy atom. The number of nitrogens with two attached hydrogens (primary N) is 3. The molecule has 382 valence electrons. The normalized spacial score (nSPS) is 15.7. The average molecular weight is 1050 g/mol. The third-order valence-corrected chi connectivity index (χ3v) is 10.9. The number of hydrogen-bond acceptors (Lipinski definition) is 14. The molecule has 0 fully saturated rings. The molecule has 0 spiro atoms. The molecule has 1 aromatic heterocycles. The van der Waals surface area contributed by atoms with Gasteiger partial charge in [-0.15, -0.1) is 49.6 Å². The van der Waals surface area contributed by atoms with Crippen LogP contribution < -0.4 is 53.5 Å². The number of ether oxygens (including phenoxy) is 2. The number of carbonyl (C=O) groups is 5. The van der Waals surface area contributed by atoms with Crippen LogP contribution in [0.2, 0.25) is 0 Å². The Balaban J connectivity index is 0.00000612. The van der Waals surface area contributed by atoms with Gasteiger partial charge in [-0.05, 0) is 73.2 Å². The summed E-state index contributed by atoms with van der Waals surface area (Å²) in [7, 11) is 1.41. The molecule has 0 unspecified atom stereocenters. The molecule has 2 heterocycles. The number of hydrogen-bond donors (Lipinski definition) is 8. The van der Waals surface area contributed by atoms with Crippen LogP contribution in [0.3, 0.4) is 0 Å². The second-order valence-corrected chi connectivity index (χ2v) is 16.8. The van der Waals surface area contributed by atoms with E-state index in [1.807, 2.05) is 30.3 Å². The van der Waals surface area contributed by atoms with Gasteiger partial charge in [-0.1, -0.05) is 57.2 Å². The fourth-order valence-corrected chi connectivity index (χ4v) is 7.32. The number of rotatable bonds is 16. The van der Waals surface area contributed by atoms with Gasteiger partial charge in [0.05, 0.1) is 17.3 Å². The van der Waals surface area contributed by atoms with E-state index in [0.717, 1.165) is 11.1 Å². The number of hydrazine groups is 1. The smallest absolute Gasteiger partial charge is 0.257 e. The van der Waals surface area contributed by atoms with Gasteiger partial charge >= 0.3 is 0 Å². The summed E-state index contributed by atoms with van der Waals surface area (Å²) in [4.78, 5) is 80.6. The minimum Gasteiger partial charge on any atom is -0.492 e. The first-order chi connectivity index (χ1) is 31.5. The first kappa shape index (κ1) is 62.2. The molecule has 0 saturated heterocycles. The summed E-state index contributed by atoms with van der Waals surface area (Å²) in [6.07, 6.45) is 1.40. The van der Waals surface area contributed by atoms with Crippen molar-refractivity contribution in [2.45, 2.75) is 77.0 Å². The summed E-state index contributed by atoms with van der Waals surface area (Å²) < 4.78 is 12.2. The van der Waals surface area contributed by atoms with Gasteiger partial charge in [-0.2, -0.15) is 5.26 Å². The number of nitrogens with zero attached hydrogens (tertiary/aromatic N) is 4. The second kappa shape index (κ2) is 28.7. The van der Waals surface area contributed by atoms with E-state index in [-0.39, 0.29) is 113 Å². The van der Waals surface area contributed by atoms with Gasteiger partial charge in [-0.3, -0.25) is 29.4 Å². The fourth-order valence-electron chi connectivity index (χ4n) is 7.32. The molecule has 4 aromatic rings. The van der Waals surface area contributed by atoms with Gasteiger partial charge < -0.3 is 47.5 Å². The number of aromatic nitrogens is 2. The highest BCUT2D eigenvalue weighted by atomic mass is 35.5. The first-order valence-corrected chi connectivity index (χ1v) is 21.7. The van der Waals surface area contributed by atoms with Crippen molar-refractivity contribution in [1.29, 1.82) is 5.26 Å². The summed E-state index contributed by atoms with van der Waals surface area (Å²) in [5, 5.41) is 17.2. The minimum absolute atomic E-state index is 0. The lowest BCUT2D eigenvalue weighted by atomic mass is 9.87. The van der Waals surface area contributed by atoms with Gasteiger partial charge in [0.15, 0.2) is 5.82 Å². The summed E-state index contributed by atoms with van der Waals surface area (Å²) in [5.41, 5.74) is 26.9. The van der Waals surface area contributed by atoms with Crippen LogP contribution in [-0.4, -0.2) is 109 Å². The predicted octanol–water partition coefficient (Wildman–Crippen LogP) is 3.12. The third kappa shape index (κ3) is 15.8. The highest BCUT2D eigenvalue weighted by molar-refractivity contribution is 6.00. The first-order valence-electron chi connectivity index (χ1n) is 21.7. The predicted molar refractivity (Wildman–Crippen MR) is 276 cm³/mol. The van der Waals surface area contributed by atoms with E-state index in [2.05, 4.69) is 57.5 Å². The molecule has 1 aliphatic rings. The van der Waals surface area contributed by atoms with E-state index >= 15 is 0 Å². The molecule has 5 amide bonds. The highest BCUT2D eigenvalue weighted by Crippen LogP contribution is 2.40. The molecule has 4 atom stereocenters. The number of halogens is 4. The quantitative estimate of drug-likeness (QED) is 0.0455. The van der Waals surface area contributed by atoms with Crippen LogP contribution in [0.4, 0.5) is 0 Å². The van der Waals surface area contributed by atoms with Crippen LogP contribution in [0.5, 0.6) is 11.5 Å². The third-order valence-electron chi connectivity index (χ3n) is 10.9. The Bertz CT molecular complexity index is 2460. The van der Waals surface area contributed by atoms with Gasteiger partial charge in [0.1, 0.15) is 55.4 Å². The molecule has 0 radical (unpaired) electrons. The standard InChI is InChI=1S/C47H60N12O7.4ClH/c1-27-35(26-52-41(54-27)30-8-11-32(12-9-30)47(3,4)5)43(61)56-36(15-16-48)46(64)59(6)40-31-10-14-39(66-22-19-51)34(25-31)33-23-29(7-13-38(33)65-21-18-50)24-37(44(62)58-53-20-17-49)57-42(60)28(2)55-45(40)63;;;;/h7-14,23,25-26,28,36-37,40,53H,15-16,18-22,24,48,50-51H2,1-6H3,(H,55,63)(H,56,61)(H,57,60)(H,58,62);4*1H/t28-,36-,37-,40-;;;;/m0..../s1. The molecule has 23 heteroatoms. The topological polar surface area (TPSA) is 295 Å². The Hall–Kier alpha value is -5.82. The van der Waals surface area contributed by atoms with E-state index in [9.17, 15) is 24.0 Å². The minimum atomic E-state index is -1.41. The number of amides is 5. The highest BCUT2D eigenvalue weighted by Gasteiger charge is 2.36. The van der Waals surface area contributed by atoms with Crippen molar-refractivity contribution in [2.24, 2.45) is 17.2 Å². The average Bonchev–Trinajstić information content (AvgIpc) is 3.29. The summed E-state index contributed by atoms with van der Waals surface area (Å²) in [6.45, 7) is 9.93. The number of likely N-dealkylation sites (N-methyl/N-ethyl adjacent to an activating group) is 1. The SMILES string of the molecule is Cc1nc(-c2ccc(C(C)(C)C)cc2)ncc1C(=O)N[C@@H](CCN)C(=O)N(C)[C@@H]1C(=O)N[C@@H](C)C(=O)N[C@H](C(=O)NNCC#N)Cc2ccc(OCCN)c(c2)-c2cc1ccc2OCCN.Cl.Cl.Cl.Cl. The van der Waals surface area contributed by atoms with E-state index in [1.165, 1.54) is 25.1 Å². The van der Waals surface area contributed by atoms with E-state index < -0.39 is 53.7 Å². The molecule has 4 bridgehead atoms. The number of nitrogens with one attached hydrogen (secondary N) is 5. The molecule has 11 N–H and O–H groups in total. The van der Waals surface area contributed by atoms with E-state index in [0.29, 0.717) is 45.3 Å². The lowest BCUT2D eigenvalue weighted by Crippen LogP contribution is -2.57. The molecule has 70 heavy (non-hydrogen) atoms. The molecule has 5 rings (SSSR count). The zero-order valence-corrected chi connectivity index (χ0v) is 43.1. The number of aryl methyl sites for hydroxylation is 1. The zero-order chi connectivity index (χ0) is 48.1. The lowest BCUT2D eigenvalue weighted by molar-refractivity contribution is -0.141. The van der Waals surface area contributed by atoms with Crippen molar-refractivity contribution in [3.63, 3.8) is 0 Å². The van der Waals surface area contributed by atoms with E-state index in [1.54, 1.807) is 43.3 Å². The van der Waals surface area contributed by atoms with Crippen LogP contribution >= 0.6 is 49.6 Å². The van der Waals surface area contributed by atoms with Gasteiger partial charge in [-0.25, -0.2) is 15.4 Å². The largest absolute Gasteiger partial charge is 0.492 e. The Morgan fingerprint density at radius 2 is 1.50 bits per heavy atom. The summed E-state index contributed by atoms with van der Waals surface area (Å²) in [6, 6.07) is 14.9. The van der Waals surface area contributed by atoms with Crippen molar-refractivity contribution in [3.05, 3.63) is 94.8 Å². The van der Waals surface area contributed by atoms with Gasteiger partial charge in [0, 0.05) is 49.4 Å². The Kier molecular flexibility index (Phi) is 25.5. The number of carbonyl (C=O) groups excluding carboxylic acids is 5. The second-order valence-electron chi connectivity index (χ2n) is 16.8. The number of fused-ring (bicyclic) bond motifs is 5. The van der Waals surface area contributed by atoms with Crippen LogP contribution in [0.1, 0.15) is 72.9 Å². The maximum Gasteiger partial charge on any atom is 0.257 e. The number of benzene rings is 3. The maximum atomic E-state index is 14.7. The molecular weight excluding hydrogens is 986 g/mol.